The van der Waals surface area contributed by atoms with Crippen LogP contribution in [-0.4, -0.2) is 57.6 Å². The van der Waals surface area contributed by atoms with E-state index in [1.165, 1.54) is 24.0 Å². The highest BCUT2D eigenvalue weighted by Gasteiger charge is 2.68. The minimum Gasteiger partial charge on any atom is -0.502 e. The lowest BCUT2D eigenvalue weighted by Crippen LogP contribution is -2.48. The first-order valence-corrected chi connectivity index (χ1v) is 19.7. The van der Waals surface area contributed by atoms with Gasteiger partial charge in [0.25, 0.3) is 0 Å². The smallest absolute Gasteiger partial charge is 0.242 e. The quantitative estimate of drug-likeness (QED) is 0.133. The number of amides is 4. The first-order chi connectivity index (χ1) is 26.9. The Bertz CT molecular complexity index is 2520. The van der Waals surface area contributed by atoms with Crippen LogP contribution in [0.15, 0.2) is 78.4 Å². The van der Waals surface area contributed by atoms with Gasteiger partial charge in [-0.2, -0.15) is 5.10 Å². The molecule has 2 saturated heterocycles. The number of rotatable bonds is 7. The molecule has 2 aromatic heterocycles. The van der Waals surface area contributed by atoms with Crippen molar-refractivity contribution in [2.45, 2.75) is 39.2 Å². The van der Waals surface area contributed by atoms with Gasteiger partial charge in [-0.05, 0) is 85.0 Å². The fraction of sp³-hybridized carbons (Fsp3) is 0.326. The first-order valence-electron chi connectivity index (χ1n) is 18.5. The van der Waals surface area contributed by atoms with Crippen LogP contribution in [0.4, 0.5) is 5.82 Å². The molecule has 0 spiro atoms. The predicted octanol–water partition coefficient (Wildman–Crippen LogP) is 7.42. The van der Waals surface area contributed by atoms with Crippen molar-refractivity contribution in [1.29, 1.82) is 0 Å². The normalized spacial score (nSPS) is 25.8. The second-order valence-electron chi connectivity index (χ2n) is 15.4. The Morgan fingerprint density at radius 3 is 2.36 bits per heavy atom. The van der Waals surface area contributed by atoms with Gasteiger partial charge in [0.15, 0.2) is 11.5 Å². The van der Waals surface area contributed by atoms with Crippen LogP contribution in [0.25, 0.3) is 20.7 Å². The molecule has 0 bridgehead atoms. The van der Waals surface area contributed by atoms with E-state index in [0.29, 0.717) is 28.5 Å². The van der Waals surface area contributed by atoms with Crippen molar-refractivity contribution in [3.63, 3.8) is 0 Å². The van der Waals surface area contributed by atoms with Crippen molar-refractivity contribution in [3.05, 3.63) is 100 Å². The highest BCUT2D eigenvalue weighted by Crippen LogP contribution is 2.64. The van der Waals surface area contributed by atoms with E-state index in [0.717, 1.165) is 31.7 Å². The van der Waals surface area contributed by atoms with Crippen LogP contribution in [-0.2, 0) is 32.8 Å². The van der Waals surface area contributed by atoms with Gasteiger partial charge in [0, 0.05) is 28.8 Å². The number of imide groups is 2. The number of carbonyl (C=O) groups is 4. The zero-order valence-electron chi connectivity index (χ0n) is 31.4. The number of methoxy groups -OCH3 is 2. The third kappa shape index (κ3) is 5.11. The van der Waals surface area contributed by atoms with Gasteiger partial charge in [-0.25, -0.2) is 4.90 Å². The van der Waals surface area contributed by atoms with Crippen LogP contribution in [0, 0.1) is 36.0 Å². The monoisotopic (exact) mass is 790 g/mol. The molecule has 2 aliphatic heterocycles. The lowest BCUT2D eigenvalue weighted by atomic mass is 9.51. The number of thiophene rings is 1. The number of allylic oxidation sites excluding steroid dienone is 2. The van der Waals surface area contributed by atoms with Gasteiger partial charge < -0.3 is 14.6 Å². The highest BCUT2D eigenvalue weighted by atomic mass is 35.5. The summed E-state index contributed by atoms with van der Waals surface area (Å²) in [5, 5.41) is 17.4. The molecule has 11 nitrogen and oxygen atoms in total. The number of aromatic nitrogens is 2. The van der Waals surface area contributed by atoms with Gasteiger partial charge in [-0.15, -0.1) is 11.3 Å². The number of aromatic hydroxyl groups is 1. The third-order valence-electron chi connectivity index (χ3n) is 12.6. The van der Waals surface area contributed by atoms with E-state index >= 15 is 4.79 Å². The summed E-state index contributed by atoms with van der Waals surface area (Å²) in [7, 11) is 4.58. The number of anilines is 1. The maximum absolute atomic E-state index is 15.2. The van der Waals surface area contributed by atoms with E-state index in [4.69, 9.17) is 26.2 Å². The van der Waals surface area contributed by atoms with Crippen LogP contribution in [0.3, 0.4) is 0 Å². The SMILES string of the molecule is COc1cc(C2C3=CCC4C(=O)N(Cc5ccccc5)C(=O)C4C3CC3C(=O)N(c4cc(-c5sc6ccc(Cl)cc6c5C)nn4C)C(=O)C32C)cc(OC)c1O. The number of carbonyl (C=O) groups excluding carboxylic acids is 4. The molecule has 9 rings (SSSR count). The number of hydrogen-bond donors (Lipinski definition) is 1. The summed E-state index contributed by atoms with van der Waals surface area (Å²) in [4.78, 5) is 62.1. The molecular weight excluding hydrogens is 752 g/mol. The molecule has 4 amide bonds. The molecule has 1 saturated carbocycles. The number of benzene rings is 3. The number of hydrogen-bond acceptors (Lipinski definition) is 9. The molecule has 1 N–H and O–H groups in total. The van der Waals surface area contributed by atoms with Crippen molar-refractivity contribution in [2.75, 3.05) is 19.1 Å². The summed E-state index contributed by atoms with van der Waals surface area (Å²) in [5.41, 5.74) is 2.53. The van der Waals surface area contributed by atoms with Crippen LogP contribution in [0.2, 0.25) is 5.02 Å². The van der Waals surface area contributed by atoms with Crippen molar-refractivity contribution in [1.82, 2.24) is 14.7 Å². The zero-order valence-corrected chi connectivity index (χ0v) is 33.0. The number of likely N-dealkylation sites (tertiary alicyclic amines) is 1. The molecule has 2 aliphatic carbocycles. The molecule has 56 heavy (non-hydrogen) atoms. The summed E-state index contributed by atoms with van der Waals surface area (Å²) >= 11 is 7.89. The highest BCUT2D eigenvalue weighted by molar-refractivity contribution is 7.22. The van der Waals surface area contributed by atoms with Crippen LogP contribution < -0.4 is 14.4 Å². The topological polar surface area (TPSA) is 131 Å². The number of halogens is 1. The Hall–Kier alpha value is -5.46. The zero-order chi connectivity index (χ0) is 39.4. The predicted molar refractivity (Wildman–Crippen MR) is 212 cm³/mol. The van der Waals surface area contributed by atoms with Crippen molar-refractivity contribution < 1.29 is 33.8 Å². The Kier molecular flexibility index (Phi) is 8.44. The maximum atomic E-state index is 15.2. The molecule has 4 heterocycles. The first kappa shape index (κ1) is 36.2. The lowest BCUT2D eigenvalue weighted by Gasteiger charge is -2.49. The van der Waals surface area contributed by atoms with E-state index in [9.17, 15) is 19.5 Å². The molecule has 6 atom stereocenters. The van der Waals surface area contributed by atoms with Gasteiger partial charge in [-0.1, -0.05) is 53.6 Å². The van der Waals surface area contributed by atoms with E-state index in [1.807, 2.05) is 68.5 Å². The number of phenols is 1. The summed E-state index contributed by atoms with van der Waals surface area (Å²) in [6.07, 6.45) is 2.51. The third-order valence-corrected chi connectivity index (χ3v) is 14.1. The van der Waals surface area contributed by atoms with Crippen molar-refractivity contribution in [3.8, 4) is 27.8 Å². The number of nitrogens with zero attached hydrogens (tertiary/aromatic N) is 4. The molecular formula is C43H39ClN4O7S. The average molecular weight is 791 g/mol. The van der Waals surface area contributed by atoms with Crippen molar-refractivity contribution >= 4 is 62.5 Å². The van der Waals surface area contributed by atoms with Gasteiger partial charge in [0.1, 0.15) is 11.5 Å². The van der Waals surface area contributed by atoms with Gasteiger partial charge in [-0.3, -0.25) is 28.8 Å². The maximum Gasteiger partial charge on any atom is 0.242 e. The van der Waals surface area contributed by atoms with Crippen LogP contribution in [0.5, 0.6) is 17.2 Å². The molecule has 3 aromatic carbocycles. The van der Waals surface area contributed by atoms with E-state index in [1.54, 1.807) is 41.3 Å². The Balaban J connectivity index is 1.16. The standard InChI is InChI=1S/C43H39ClN4O7S/c1-21-27-17-24(44)11-14-33(27)56-38(21)30-19-34(46(3)45-30)48-40(51)29-18-28-25(12-13-26-35(28)41(52)47(39(26)50)20-22-9-7-6-8-10-22)36(43(29,2)42(48)53)23-15-31(54-4)37(49)32(16-23)55-5/h6-12,14-17,19,26,28-29,35-36,49H,13,18,20H2,1-5H3. The molecule has 13 heteroatoms. The largest absolute Gasteiger partial charge is 0.502 e. The van der Waals surface area contributed by atoms with Crippen molar-refractivity contribution in [2.24, 2.45) is 36.1 Å². The van der Waals surface area contributed by atoms with Gasteiger partial charge in [0.2, 0.25) is 29.4 Å². The summed E-state index contributed by atoms with van der Waals surface area (Å²) in [5.74, 6) is -4.27. The fourth-order valence-corrected chi connectivity index (χ4v) is 11.2. The lowest BCUT2D eigenvalue weighted by molar-refractivity contribution is -0.141. The van der Waals surface area contributed by atoms with Gasteiger partial charge >= 0.3 is 0 Å². The average Bonchev–Trinajstić information content (AvgIpc) is 3.86. The number of phenolic OH excluding ortho intramolecular Hbond substituents is 1. The molecule has 0 radical (unpaired) electrons. The van der Waals surface area contributed by atoms with E-state index in [-0.39, 0.29) is 42.0 Å². The van der Waals surface area contributed by atoms with Crippen LogP contribution in [0.1, 0.15) is 42.4 Å². The fourth-order valence-electron chi connectivity index (χ4n) is 9.90. The van der Waals surface area contributed by atoms with E-state index < -0.39 is 46.8 Å². The molecule has 5 aromatic rings. The Morgan fingerprint density at radius 2 is 1.66 bits per heavy atom. The molecule has 286 valence electrons. The Labute approximate surface area is 332 Å². The number of ether oxygens (including phenoxy) is 2. The second-order valence-corrected chi connectivity index (χ2v) is 16.9. The van der Waals surface area contributed by atoms with Crippen LogP contribution >= 0.6 is 22.9 Å². The van der Waals surface area contributed by atoms with Gasteiger partial charge in [0.05, 0.1) is 48.8 Å². The Morgan fingerprint density at radius 1 is 0.946 bits per heavy atom. The molecule has 4 aliphatic rings. The summed E-state index contributed by atoms with van der Waals surface area (Å²) < 4.78 is 13.7. The number of aryl methyl sites for hydroxylation is 2. The molecule has 6 unspecified atom stereocenters. The summed E-state index contributed by atoms with van der Waals surface area (Å²) in [6, 6.07) is 20.3. The minimum absolute atomic E-state index is 0.141. The summed E-state index contributed by atoms with van der Waals surface area (Å²) in [6.45, 7) is 3.98. The molecule has 3 fully saturated rings. The number of fused-ring (bicyclic) bond motifs is 5. The second kappa shape index (κ2) is 13.1. The minimum atomic E-state index is -1.33. The van der Waals surface area contributed by atoms with E-state index in [2.05, 4.69) is 0 Å².